The van der Waals surface area contributed by atoms with Gasteiger partial charge in [-0.25, -0.2) is 4.98 Å². The highest BCUT2D eigenvalue weighted by Crippen LogP contribution is 2.30. The molecule has 134 valence electrons. The number of amides is 1. The molecule has 0 aliphatic heterocycles. The molecule has 0 radical (unpaired) electrons. The van der Waals surface area contributed by atoms with E-state index in [1.807, 2.05) is 62.4 Å². The summed E-state index contributed by atoms with van der Waals surface area (Å²) >= 11 is 0. The fourth-order valence-electron chi connectivity index (χ4n) is 2.85. The summed E-state index contributed by atoms with van der Waals surface area (Å²) in [5.41, 5.74) is 2.16. The topological polar surface area (TPSA) is 55.6 Å². The van der Waals surface area contributed by atoms with E-state index >= 15 is 0 Å². The van der Waals surface area contributed by atoms with Crippen LogP contribution in [-0.4, -0.2) is 36.0 Å². The quantitative estimate of drug-likeness (QED) is 0.657. The van der Waals surface area contributed by atoms with Gasteiger partial charge in [0, 0.05) is 24.2 Å². The third-order valence-electron chi connectivity index (χ3n) is 4.30. The molecule has 0 N–H and O–H groups in total. The van der Waals surface area contributed by atoms with Crippen molar-refractivity contribution in [2.45, 2.75) is 13.8 Å². The summed E-state index contributed by atoms with van der Waals surface area (Å²) in [6.45, 7) is 5.25. The zero-order chi connectivity index (χ0) is 18.5. The molecule has 5 heteroatoms. The van der Waals surface area contributed by atoms with Crippen molar-refractivity contribution in [2.24, 2.45) is 0 Å². The molecule has 0 unspecified atom stereocenters. The van der Waals surface area contributed by atoms with Gasteiger partial charge in [0.25, 0.3) is 5.91 Å². The first-order valence-electron chi connectivity index (χ1n) is 8.66. The number of rotatable bonds is 6. The van der Waals surface area contributed by atoms with E-state index in [1.165, 1.54) is 0 Å². The second-order valence-electron chi connectivity index (χ2n) is 5.78. The Hall–Kier alpha value is -3.08. The SMILES string of the molecule is CCN(CC)C(=O)c1ccccc1-c1ncc(-c2cccc(OC)c2)o1. The molecule has 0 aliphatic carbocycles. The predicted molar refractivity (Wildman–Crippen MR) is 101 cm³/mol. The van der Waals surface area contributed by atoms with Gasteiger partial charge in [0.05, 0.1) is 18.9 Å². The van der Waals surface area contributed by atoms with Crippen molar-refractivity contribution in [3.63, 3.8) is 0 Å². The van der Waals surface area contributed by atoms with E-state index in [4.69, 9.17) is 9.15 Å². The van der Waals surface area contributed by atoms with Crippen molar-refractivity contribution in [3.8, 4) is 28.5 Å². The number of methoxy groups -OCH3 is 1. The van der Waals surface area contributed by atoms with Crippen LogP contribution in [-0.2, 0) is 0 Å². The van der Waals surface area contributed by atoms with Gasteiger partial charge in [0.15, 0.2) is 5.76 Å². The number of carbonyl (C=O) groups is 1. The molecule has 0 atom stereocenters. The minimum atomic E-state index is -0.0215. The van der Waals surface area contributed by atoms with Gasteiger partial charge in [-0.1, -0.05) is 24.3 Å². The predicted octanol–water partition coefficient (Wildman–Crippen LogP) is 4.50. The largest absolute Gasteiger partial charge is 0.497 e. The number of nitrogens with zero attached hydrogens (tertiary/aromatic N) is 2. The summed E-state index contributed by atoms with van der Waals surface area (Å²) in [7, 11) is 1.62. The zero-order valence-corrected chi connectivity index (χ0v) is 15.2. The molecule has 0 bridgehead atoms. The van der Waals surface area contributed by atoms with E-state index in [1.54, 1.807) is 18.2 Å². The molecule has 0 spiro atoms. The highest BCUT2D eigenvalue weighted by molar-refractivity contribution is 6.00. The molecule has 1 heterocycles. The summed E-state index contributed by atoms with van der Waals surface area (Å²) < 4.78 is 11.2. The number of hydrogen-bond donors (Lipinski definition) is 0. The van der Waals surface area contributed by atoms with Crippen LogP contribution in [0.5, 0.6) is 5.75 Å². The highest BCUT2D eigenvalue weighted by Gasteiger charge is 2.20. The number of oxazole rings is 1. The molecular weight excluding hydrogens is 328 g/mol. The number of carbonyl (C=O) groups excluding carboxylic acids is 1. The van der Waals surface area contributed by atoms with Gasteiger partial charge in [-0.15, -0.1) is 0 Å². The fourth-order valence-corrected chi connectivity index (χ4v) is 2.85. The van der Waals surface area contributed by atoms with Crippen LogP contribution in [0.4, 0.5) is 0 Å². The Morgan fingerprint density at radius 3 is 2.62 bits per heavy atom. The minimum Gasteiger partial charge on any atom is -0.497 e. The van der Waals surface area contributed by atoms with Crippen molar-refractivity contribution in [1.29, 1.82) is 0 Å². The summed E-state index contributed by atoms with van der Waals surface area (Å²) in [4.78, 5) is 19.0. The van der Waals surface area contributed by atoms with Gasteiger partial charge in [-0.3, -0.25) is 4.79 Å². The number of ether oxygens (including phenoxy) is 1. The van der Waals surface area contributed by atoms with Gasteiger partial charge >= 0.3 is 0 Å². The zero-order valence-electron chi connectivity index (χ0n) is 15.2. The molecule has 1 amide bonds. The average Bonchev–Trinajstić information content (AvgIpc) is 3.19. The van der Waals surface area contributed by atoms with Crippen LogP contribution in [0.3, 0.4) is 0 Å². The molecule has 0 fully saturated rings. The maximum atomic E-state index is 12.8. The maximum absolute atomic E-state index is 12.8. The van der Waals surface area contributed by atoms with E-state index in [9.17, 15) is 4.79 Å². The van der Waals surface area contributed by atoms with Crippen LogP contribution in [0, 0.1) is 0 Å². The van der Waals surface area contributed by atoms with Crippen molar-refractivity contribution < 1.29 is 13.9 Å². The van der Waals surface area contributed by atoms with Crippen LogP contribution >= 0.6 is 0 Å². The van der Waals surface area contributed by atoms with Gasteiger partial charge in [0.2, 0.25) is 5.89 Å². The molecule has 1 aromatic heterocycles. The number of hydrogen-bond acceptors (Lipinski definition) is 4. The lowest BCUT2D eigenvalue weighted by Crippen LogP contribution is -2.30. The second-order valence-corrected chi connectivity index (χ2v) is 5.78. The van der Waals surface area contributed by atoms with E-state index < -0.39 is 0 Å². The van der Waals surface area contributed by atoms with Gasteiger partial charge in [-0.05, 0) is 38.1 Å². The molecule has 0 saturated carbocycles. The summed E-state index contributed by atoms with van der Waals surface area (Å²) in [6, 6.07) is 15.0. The Morgan fingerprint density at radius 2 is 1.88 bits per heavy atom. The molecule has 3 aromatic rings. The first-order valence-corrected chi connectivity index (χ1v) is 8.66. The van der Waals surface area contributed by atoms with Crippen molar-refractivity contribution >= 4 is 5.91 Å². The Bertz CT molecular complexity index is 898. The monoisotopic (exact) mass is 350 g/mol. The van der Waals surface area contributed by atoms with Crippen LogP contribution in [0.2, 0.25) is 0 Å². The van der Waals surface area contributed by atoms with Crippen LogP contribution in [0.25, 0.3) is 22.8 Å². The standard InChI is InChI=1S/C21H22N2O3/c1-4-23(5-2)21(24)18-12-7-6-11-17(18)20-22-14-19(26-20)15-9-8-10-16(13-15)25-3/h6-14H,4-5H2,1-3H3. The summed E-state index contributed by atoms with van der Waals surface area (Å²) in [5, 5.41) is 0. The third-order valence-corrected chi connectivity index (χ3v) is 4.30. The number of benzene rings is 2. The molecule has 3 rings (SSSR count). The molecule has 2 aromatic carbocycles. The summed E-state index contributed by atoms with van der Waals surface area (Å²) in [6.07, 6.45) is 1.67. The third kappa shape index (κ3) is 3.47. The Balaban J connectivity index is 1.98. The average molecular weight is 350 g/mol. The minimum absolute atomic E-state index is 0.0215. The van der Waals surface area contributed by atoms with Crippen molar-refractivity contribution in [1.82, 2.24) is 9.88 Å². The van der Waals surface area contributed by atoms with Crippen molar-refractivity contribution in [3.05, 3.63) is 60.3 Å². The lowest BCUT2D eigenvalue weighted by atomic mass is 10.1. The number of aromatic nitrogens is 1. The smallest absolute Gasteiger partial charge is 0.254 e. The van der Waals surface area contributed by atoms with Crippen molar-refractivity contribution in [2.75, 3.05) is 20.2 Å². The molecule has 0 aliphatic rings. The second kappa shape index (κ2) is 7.87. The Labute approximate surface area is 153 Å². The van der Waals surface area contributed by atoms with E-state index in [0.29, 0.717) is 35.9 Å². The van der Waals surface area contributed by atoms with Crippen LogP contribution in [0.1, 0.15) is 24.2 Å². The van der Waals surface area contributed by atoms with Crippen LogP contribution < -0.4 is 4.74 Å². The van der Waals surface area contributed by atoms with E-state index in [-0.39, 0.29) is 5.91 Å². The maximum Gasteiger partial charge on any atom is 0.254 e. The highest BCUT2D eigenvalue weighted by atomic mass is 16.5. The van der Waals surface area contributed by atoms with E-state index in [2.05, 4.69) is 4.98 Å². The molecule has 26 heavy (non-hydrogen) atoms. The lowest BCUT2D eigenvalue weighted by molar-refractivity contribution is 0.0773. The van der Waals surface area contributed by atoms with Crippen LogP contribution in [0.15, 0.2) is 59.1 Å². The Kier molecular flexibility index (Phi) is 5.37. The first-order chi connectivity index (χ1) is 12.7. The van der Waals surface area contributed by atoms with Gasteiger partial charge in [-0.2, -0.15) is 0 Å². The van der Waals surface area contributed by atoms with E-state index in [0.717, 1.165) is 11.3 Å². The normalized spacial score (nSPS) is 10.6. The molecular formula is C21H22N2O3. The first kappa shape index (κ1) is 17.7. The molecule has 5 nitrogen and oxygen atoms in total. The Morgan fingerprint density at radius 1 is 1.12 bits per heavy atom. The summed E-state index contributed by atoms with van der Waals surface area (Å²) in [5.74, 6) is 1.78. The lowest BCUT2D eigenvalue weighted by Gasteiger charge is -2.19. The molecule has 0 saturated heterocycles. The fraction of sp³-hybridized carbons (Fsp3) is 0.238. The van der Waals surface area contributed by atoms with Gasteiger partial charge in [0.1, 0.15) is 5.75 Å². The van der Waals surface area contributed by atoms with Gasteiger partial charge < -0.3 is 14.1 Å².